The van der Waals surface area contributed by atoms with Crippen molar-refractivity contribution in [2.24, 2.45) is 0 Å². The fraction of sp³-hybridized carbons (Fsp3) is 0.0909. The smallest absolute Gasteiger partial charge is 0.270 e. The molecule has 0 saturated heterocycles. The van der Waals surface area contributed by atoms with Crippen molar-refractivity contribution in [3.05, 3.63) is 94.5 Å². The zero-order valence-electron chi connectivity index (χ0n) is 16.1. The molecule has 0 aliphatic heterocycles. The highest BCUT2D eigenvalue weighted by Gasteiger charge is 2.19. The first-order valence-corrected chi connectivity index (χ1v) is 9.12. The van der Waals surface area contributed by atoms with Gasteiger partial charge >= 0.3 is 0 Å². The molecule has 3 aromatic carbocycles. The third kappa shape index (κ3) is 5.20. The molecule has 2 amide bonds. The highest BCUT2D eigenvalue weighted by molar-refractivity contribution is 6.01. The maximum atomic E-state index is 12.6. The van der Waals surface area contributed by atoms with Gasteiger partial charge in [0.2, 0.25) is 5.91 Å². The second-order valence-corrected chi connectivity index (χ2v) is 6.40. The first-order chi connectivity index (χ1) is 14.4. The molecule has 2 N–H and O–H groups in total. The molecule has 3 rings (SSSR count). The van der Waals surface area contributed by atoms with E-state index in [-0.39, 0.29) is 11.3 Å². The van der Waals surface area contributed by atoms with Gasteiger partial charge in [-0.25, -0.2) is 0 Å². The van der Waals surface area contributed by atoms with Gasteiger partial charge in [0.15, 0.2) is 5.75 Å². The van der Waals surface area contributed by atoms with Crippen molar-refractivity contribution in [1.82, 2.24) is 5.32 Å². The lowest BCUT2D eigenvalue weighted by atomic mass is 10.1. The Morgan fingerprint density at radius 1 is 0.967 bits per heavy atom. The summed E-state index contributed by atoms with van der Waals surface area (Å²) in [6.07, 6.45) is 0. The lowest BCUT2D eigenvalue weighted by Crippen LogP contribution is -2.41. The molecule has 0 radical (unpaired) electrons. The van der Waals surface area contributed by atoms with E-state index in [0.717, 1.165) is 6.07 Å². The Bertz CT molecular complexity index is 1070. The molecule has 1 atom stereocenters. The number of hydrogen-bond acceptors (Lipinski definition) is 5. The molecule has 0 heterocycles. The molecule has 0 bridgehead atoms. The largest absolute Gasteiger partial charge is 0.455 e. The summed E-state index contributed by atoms with van der Waals surface area (Å²) < 4.78 is 5.81. The second kappa shape index (κ2) is 9.33. The summed E-state index contributed by atoms with van der Waals surface area (Å²) in [5.74, 6) is 0.0218. The van der Waals surface area contributed by atoms with Crippen LogP contribution in [0.5, 0.6) is 11.5 Å². The molecule has 0 aliphatic carbocycles. The Kier molecular flexibility index (Phi) is 6.39. The molecule has 0 aliphatic rings. The summed E-state index contributed by atoms with van der Waals surface area (Å²) in [7, 11) is 0. The number of para-hydroxylation sites is 3. The van der Waals surface area contributed by atoms with Gasteiger partial charge in [0.25, 0.3) is 11.6 Å². The van der Waals surface area contributed by atoms with E-state index in [0.29, 0.717) is 17.2 Å². The number of rotatable bonds is 7. The minimum atomic E-state index is -0.887. The number of carbonyl (C=O) groups is 2. The fourth-order valence-corrected chi connectivity index (χ4v) is 2.62. The Morgan fingerprint density at radius 2 is 1.67 bits per heavy atom. The quantitative estimate of drug-likeness (QED) is 0.453. The van der Waals surface area contributed by atoms with Crippen LogP contribution in [0.15, 0.2) is 78.9 Å². The van der Waals surface area contributed by atoms with Crippen LogP contribution < -0.4 is 15.4 Å². The van der Waals surface area contributed by atoms with E-state index < -0.39 is 22.8 Å². The Hall–Kier alpha value is -4.20. The number of nitrogens with one attached hydrogen (secondary N) is 2. The molecule has 0 spiro atoms. The van der Waals surface area contributed by atoms with E-state index in [4.69, 9.17) is 4.74 Å². The van der Waals surface area contributed by atoms with Crippen LogP contribution in [0.1, 0.15) is 17.3 Å². The van der Waals surface area contributed by atoms with Crippen LogP contribution in [0.2, 0.25) is 0 Å². The van der Waals surface area contributed by atoms with E-state index in [1.807, 2.05) is 18.2 Å². The number of amides is 2. The lowest BCUT2D eigenvalue weighted by Gasteiger charge is -2.16. The van der Waals surface area contributed by atoms with Crippen LogP contribution in [0.3, 0.4) is 0 Å². The van der Waals surface area contributed by atoms with Crippen LogP contribution in [0.4, 0.5) is 11.4 Å². The van der Waals surface area contributed by atoms with Gasteiger partial charge in [0.1, 0.15) is 11.8 Å². The van der Waals surface area contributed by atoms with Crippen LogP contribution >= 0.6 is 0 Å². The van der Waals surface area contributed by atoms with Crippen LogP contribution in [-0.2, 0) is 4.79 Å². The average molecular weight is 405 g/mol. The van der Waals surface area contributed by atoms with Crippen LogP contribution in [0, 0.1) is 10.1 Å². The molecule has 152 valence electrons. The molecule has 8 heteroatoms. The zero-order valence-corrected chi connectivity index (χ0v) is 16.1. The first-order valence-electron chi connectivity index (χ1n) is 9.12. The van der Waals surface area contributed by atoms with Gasteiger partial charge in [-0.05, 0) is 37.3 Å². The van der Waals surface area contributed by atoms with E-state index in [2.05, 4.69) is 10.6 Å². The summed E-state index contributed by atoms with van der Waals surface area (Å²) >= 11 is 0. The van der Waals surface area contributed by atoms with Gasteiger partial charge < -0.3 is 15.4 Å². The van der Waals surface area contributed by atoms with Gasteiger partial charge in [-0.15, -0.1) is 0 Å². The van der Waals surface area contributed by atoms with E-state index in [1.165, 1.54) is 25.1 Å². The molecular weight excluding hydrogens is 386 g/mol. The summed E-state index contributed by atoms with van der Waals surface area (Å²) in [6, 6.07) is 20.5. The zero-order chi connectivity index (χ0) is 21.5. The number of carbonyl (C=O) groups excluding carboxylic acids is 2. The average Bonchev–Trinajstić information content (AvgIpc) is 2.75. The number of nitro groups is 1. The molecular formula is C22H19N3O5. The Labute approximate surface area is 172 Å². The standard InChI is InChI=1S/C22H19N3O5/c1-15(23-22(27)16-8-7-9-17(14-16)25(28)29)21(26)24-19-12-5-6-13-20(19)30-18-10-3-2-4-11-18/h2-15H,1H3,(H,23,27)(H,24,26). The summed E-state index contributed by atoms with van der Waals surface area (Å²) in [5, 5.41) is 16.1. The highest BCUT2D eigenvalue weighted by atomic mass is 16.6. The van der Waals surface area contributed by atoms with Crippen LogP contribution in [-0.4, -0.2) is 22.8 Å². The predicted molar refractivity (Wildman–Crippen MR) is 112 cm³/mol. The number of hydrogen-bond donors (Lipinski definition) is 2. The Balaban J connectivity index is 1.67. The van der Waals surface area contributed by atoms with Crippen molar-refractivity contribution < 1.29 is 19.2 Å². The van der Waals surface area contributed by atoms with Gasteiger partial charge in [-0.2, -0.15) is 0 Å². The molecule has 3 aromatic rings. The van der Waals surface area contributed by atoms with Gasteiger partial charge in [0.05, 0.1) is 10.6 Å². The molecule has 0 aromatic heterocycles. The first kappa shape index (κ1) is 20.5. The SMILES string of the molecule is CC(NC(=O)c1cccc([N+](=O)[O-])c1)C(=O)Nc1ccccc1Oc1ccccc1. The predicted octanol–water partition coefficient (Wildman–Crippen LogP) is 4.14. The number of benzene rings is 3. The van der Waals surface area contributed by atoms with E-state index in [9.17, 15) is 19.7 Å². The topological polar surface area (TPSA) is 111 Å². The maximum Gasteiger partial charge on any atom is 0.270 e. The summed E-state index contributed by atoms with van der Waals surface area (Å²) in [6.45, 7) is 1.52. The second-order valence-electron chi connectivity index (χ2n) is 6.40. The van der Waals surface area contributed by atoms with Crippen molar-refractivity contribution in [2.75, 3.05) is 5.32 Å². The van der Waals surface area contributed by atoms with Crippen molar-refractivity contribution >= 4 is 23.2 Å². The number of non-ortho nitro benzene ring substituents is 1. The molecule has 1 unspecified atom stereocenters. The Morgan fingerprint density at radius 3 is 2.40 bits per heavy atom. The molecule has 0 saturated carbocycles. The lowest BCUT2D eigenvalue weighted by molar-refractivity contribution is -0.384. The number of nitrogens with zero attached hydrogens (tertiary/aromatic N) is 1. The minimum absolute atomic E-state index is 0.0941. The van der Waals surface area contributed by atoms with Crippen molar-refractivity contribution in [3.8, 4) is 11.5 Å². The number of nitro benzene ring substituents is 1. The van der Waals surface area contributed by atoms with Crippen molar-refractivity contribution in [2.45, 2.75) is 13.0 Å². The monoisotopic (exact) mass is 405 g/mol. The fourth-order valence-electron chi connectivity index (χ4n) is 2.62. The normalized spacial score (nSPS) is 11.2. The number of anilines is 1. The number of ether oxygens (including phenoxy) is 1. The summed E-state index contributed by atoms with van der Waals surface area (Å²) in [5.41, 5.74) is 0.339. The van der Waals surface area contributed by atoms with Gasteiger partial charge in [-0.1, -0.05) is 36.4 Å². The van der Waals surface area contributed by atoms with Crippen molar-refractivity contribution in [1.29, 1.82) is 0 Å². The van der Waals surface area contributed by atoms with Gasteiger partial charge in [0, 0.05) is 17.7 Å². The van der Waals surface area contributed by atoms with Crippen molar-refractivity contribution in [3.63, 3.8) is 0 Å². The van der Waals surface area contributed by atoms with Gasteiger partial charge in [-0.3, -0.25) is 19.7 Å². The molecule has 30 heavy (non-hydrogen) atoms. The highest BCUT2D eigenvalue weighted by Crippen LogP contribution is 2.29. The third-order valence-electron chi connectivity index (χ3n) is 4.18. The third-order valence-corrected chi connectivity index (χ3v) is 4.18. The van der Waals surface area contributed by atoms with Crippen LogP contribution in [0.25, 0.3) is 0 Å². The maximum absolute atomic E-state index is 12.6. The summed E-state index contributed by atoms with van der Waals surface area (Å²) in [4.78, 5) is 35.2. The minimum Gasteiger partial charge on any atom is -0.455 e. The molecule has 0 fully saturated rings. The van der Waals surface area contributed by atoms with E-state index >= 15 is 0 Å². The van der Waals surface area contributed by atoms with E-state index in [1.54, 1.807) is 36.4 Å². The molecule has 8 nitrogen and oxygen atoms in total.